The van der Waals surface area contributed by atoms with E-state index in [0.717, 1.165) is 16.3 Å². The summed E-state index contributed by atoms with van der Waals surface area (Å²) in [7, 11) is 1.76. The topological polar surface area (TPSA) is 81.3 Å². The molecule has 1 atom stereocenters. The van der Waals surface area contributed by atoms with Crippen LogP contribution in [0.5, 0.6) is 5.75 Å². The van der Waals surface area contributed by atoms with Gasteiger partial charge in [0.15, 0.2) is 5.65 Å². The molecule has 2 N–H and O–H groups in total. The van der Waals surface area contributed by atoms with Gasteiger partial charge in [0.25, 0.3) is 5.91 Å². The first-order valence-electron chi connectivity index (χ1n) is 9.42. The molecule has 0 saturated heterocycles. The van der Waals surface area contributed by atoms with Crippen LogP contribution in [0, 0.1) is 0 Å². The second kappa shape index (κ2) is 7.62. The van der Waals surface area contributed by atoms with Gasteiger partial charge in [-0.1, -0.05) is 0 Å². The van der Waals surface area contributed by atoms with Gasteiger partial charge in [0.05, 0.1) is 12.1 Å². The Morgan fingerprint density at radius 1 is 1.19 bits per heavy atom. The number of ether oxygens (including phenoxy) is 1. The zero-order valence-corrected chi connectivity index (χ0v) is 16.6. The molecule has 4 aromatic rings. The van der Waals surface area contributed by atoms with E-state index >= 15 is 0 Å². The van der Waals surface area contributed by atoms with Gasteiger partial charge in [0.2, 0.25) is 0 Å². The molecule has 2 aromatic carbocycles. The third kappa shape index (κ3) is 4.06. The fourth-order valence-corrected chi connectivity index (χ4v) is 3.44. The molecule has 0 aliphatic rings. The lowest BCUT2D eigenvalue weighted by molar-refractivity contribution is -0.274. The zero-order chi connectivity index (χ0) is 22.3. The van der Waals surface area contributed by atoms with Gasteiger partial charge in [0, 0.05) is 41.3 Å². The Kier molecular flexibility index (Phi) is 5.10. The number of aliphatic hydroxyl groups is 1. The summed E-state index contributed by atoms with van der Waals surface area (Å²) in [6.07, 6.45) is -2.95. The van der Waals surface area contributed by atoms with Crippen LogP contribution >= 0.6 is 0 Å². The second-order valence-electron chi connectivity index (χ2n) is 7.21. The van der Waals surface area contributed by atoms with Crippen LogP contribution in [0.1, 0.15) is 17.3 Å². The van der Waals surface area contributed by atoms with E-state index in [1.54, 1.807) is 41.4 Å². The van der Waals surface area contributed by atoms with E-state index in [1.165, 1.54) is 24.3 Å². The van der Waals surface area contributed by atoms with Crippen molar-refractivity contribution >= 4 is 27.8 Å². The third-order valence-corrected chi connectivity index (χ3v) is 4.79. The lowest BCUT2D eigenvalue weighted by Gasteiger charge is -2.12. The number of amides is 1. The van der Waals surface area contributed by atoms with Crippen molar-refractivity contribution in [3.8, 4) is 11.4 Å². The number of carbonyl (C=O) groups is 1. The quantitative estimate of drug-likeness (QED) is 0.506. The van der Waals surface area contributed by atoms with Crippen molar-refractivity contribution in [1.29, 1.82) is 0 Å². The van der Waals surface area contributed by atoms with Crippen LogP contribution in [0.15, 0.2) is 48.7 Å². The van der Waals surface area contributed by atoms with E-state index in [9.17, 15) is 18.0 Å². The molecule has 0 saturated carbocycles. The van der Waals surface area contributed by atoms with E-state index in [0.29, 0.717) is 16.9 Å². The number of benzene rings is 2. The summed E-state index contributed by atoms with van der Waals surface area (Å²) < 4.78 is 44.7. The van der Waals surface area contributed by atoms with Crippen LogP contribution in [-0.2, 0) is 7.05 Å². The molecule has 0 bridgehead atoms. The van der Waals surface area contributed by atoms with Crippen molar-refractivity contribution in [3.05, 3.63) is 54.2 Å². The Morgan fingerprint density at radius 3 is 2.55 bits per heavy atom. The van der Waals surface area contributed by atoms with Gasteiger partial charge in [-0.2, -0.15) is 5.10 Å². The molecule has 1 unspecified atom stereocenters. The number of aryl methyl sites for hydroxylation is 1. The minimum absolute atomic E-state index is 0.175. The second-order valence-corrected chi connectivity index (χ2v) is 7.21. The van der Waals surface area contributed by atoms with Crippen LogP contribution in [-0.4, -0.2) is 44.4 Å². The third-order valence-electron chi connectivity index (χ3n) is 4.79. The molecular formula is C21H19F3N4O3. The zero-order valence-electron chi connectivity index (χ0n) is 16.6. The van der Waals surface area contributed by atoms with Crippen LogP contribution < -0.4 is 10.1 Å². The Morgan fingerprint density at radius 2 is 1.90 bits per heavy atom. The molecule has 1 amide bonds. The molecule has 2 aromatic heterocycles. The number of halogens is 3. The standard InChI is InChI=1S/C21H19F3N4O3/c1-12(11-29)25-20(30)13-3-8-18-16(9-13)17-10-27(2)26-19(17)28(18)14-4-6-15(7-5-14)31-21(22,23)24/h3-10,12,29H,11H2,1-2H3,(H,25,30). The first-order chi connectivity index (χ1) is 14.7. The minimum atomic E-state index is -4.76. The normalized spacial score (nSPS) is 13.0. The molecule has 0 radical (unpaired) electrons. The minimum Gasteiger partial charge on any atom is -0.406 e. The molecule has 0 spiro atoms. The number of aliphatic hydroxyl groups excluding tert-OH is 1. The molecule has 31 heavy (non-hydrogen) atoms. The van der Waals surface area contributed by atoms with Gasteiger partial charge in [-0.05, 0) is 49.4 Å². The summed E-state index contributed by atoms with van der Waals surface area (Å²) in [6.45, 7) is 1.52. The van der Waals surface area contributed by atoms with Gasteiger partial charge >= 0.3 is 6.36 Å². The predicted octanol–water partition coefficient (Wildman–Crippen LogP) is 3.53. The van der Waals surface area contributed by atoms with E-state index in [2.05, 4.69) is 15.2 Å². The summed E-state index contributed by atoms with van der Waals surface area (Å²) in [5.41, 5.74) is 2.36. The van der Waals surface area contributed by atoms with E-state index in [-0.39, 0.29) is 24.3 Å². The number of alkyl halides is 3. The fourth-order valence-electron chi connectivity index (χ4n) is 3.44. The van der Waals surface area contributed by atoms with E-state index in [4.69, 9.17) is 5.11 Å². The molecule has 0 aliphatic heterocycles. The first kappa shape index (κ1) is 20.7. The lowest BCUT2D eigenvalue weighted by atomic mass is 10.1. The van der Waals surface area contributed by atoms with Crippen molar-refractivity contribution in [2.45, 2.75) is 19.3 Å². The summed E-state index contributed by atoms with van der Waals surface area (Å²) in [5, 5.41) is 17.9. The Bertz CT molecular complexity index is 1260. The Labute approximate surface area is 174 Å². The van der Waals surface area contributed by atoms with Crippen LogP contribution in [0.2, 0.25) is 0 Å². The highest BCUT2D eigenvalue weighted by molar-refractivity contribution is 6.10. The summed E-state index contributed by atoms with van der Waals surface area (Å²) in [6, 6.07) is 10.3. The van der Waals surface area contributed by atoms with E-state index < -0.39 is 6.36 Å². The van der Waals surface area contributed by atoms with Crippen LogP contribution in [0.4, 0.5) is 13.2 Å². The predicted molar refractivity (Wildman–Crippen MR) is 108 cm³/mol. The number of fused-ring (bicyclic) bond motifs is 3. The van der Waals surface area contributed by atoms with Crippen molar-refractivity contribution in [3.63, 3.8) is 0 Å². The Hall–Kier alpha value is -3.53. The number of nitrogens with zero attached hydrogens (tertiary/aromatic N) is 3. The summed E-state index contributed by atoms with van der Waals surface area (Å²) in [5.74, 6) is -0.635. The number of aromatic nitrogens is 3. The molecule has 7 nitrogen and oxygen atoms in total. The highest BCUT2D eigenvalue weighted by Crippen LogP contribution is 2.33. The maximum atomic E-state index is 12.5. The largest absolute Gasteiger partial charge is 0.573 e. The van der Waals surface area contributed by atoms with Gasteiger partial charge in [-0.15, -0.1) is 13.2 Å². The molecule has 4 rings (SSSR count). The number of nitrogens with one attached hydrogen (secondary N) is 1. The molecule has 162 valence electrons. The van der Waals surface area contributed by atoms with Gasteiger partial charge in [-0.25, -0.2) is 0 Å². The Balaban J connectivity index is 1.81. The molecule has 10 heteroatoms. The van der Waals surface area contributed by atoms with Gasteiger partial charge in [-0.3, -0.25) is 14.0 Å². The van der Waals surface area contributed by atoms with Gasteiger partial charge < -0.3 is 15.2 Å². The maximum Gasteiger partial charge on any atom is 0.573 e. The fraction of sp³-hybridized carbons (Fsp3) is 0.238. The number of carbonyl (C=O) groups excluding carboxylic acids is 1. The van der Waals surface area contributed by atoms with E-state index in [1.807, 2.05) is 6.20 Å². The van der Waals surface area contributed by atoms with Gasteiger partial charge in [0.1, 0.15) is 5.75 Å². The average Bonchev–Trinajstić information content (AvgIpc) is 3.21. The monoisotopic (exact) mass is 432 g/mol. The smallest absolute Gasteiger partial charge is 0.406 e. The van der Waals surface area contributed by atoms with Crippen molar-refractivity contribution < 1.29 is 27.8 Å². The molecule has 2 heterocycles. The number of hydrogen-bond donors (Lipinski definition) is 2. The molecule has 0 fully saturated rings. The van der Waals surface area contributed by atoms with Crippen molar-refractivity contribution in [2.24, 2.45) is 7.05 Å². The SMILES string of the molecule is CC(CO)NC(=O)c1ccc2c(c1)c1cn(C)nc1n2-c1ccc(OC(F)(F)F)cc1. The molecular weight excluding hydrogens is 413 g/mol. The number of hydrogen-bond acceptors (Lipinski definition) is 4. The first-order valence-corrected chi connectivity index (χ1v) is 9.42. The van der Waals surface area contributed by atoms with Crippen molar-refractivity contribution in [2.75, 3.05) is 6.61 Å². The highest BCUT2D eigenvalue weighted by atomic mass is 19.4. The summed E-state index contributed by atoms with van der Waals surface area (Å²) in [4.78, 5) is 12.5. The summed E-state index contributed by atoms with van der Waals surface area (Å²) >= 11 is 0. The average molecular weight is 432 g/mol. The molecule has 0 aliphatic carbocycles. The lowest BCUT2D eigenvalue weighted by Crippen LogP contribution is -2.34. The highest BCUT2D eigenvalue weighted by Gasteiger charge is 2.31. The maximum absolute atomic E-state index is 12.5. The van der Waals surface area contributed by atoms with Crippen LogP contribution in [0.3, 0.4) is 0 Å². The van der Waals surface area contributed by atoms with Crippen LogP contribution in [0.25, 0.3) is 27.6 Å². The van der Waals surface area contributed by atoms with Crippen molar-refractivity contribution in [1.82, 2.24) is 19.7 Å². The number of rotatable bonds is 5.